The van der Waals surface area contributed by atoms with Crippen molar-refractivity contribution in [2.75, 3.05) is 0 Å². The van der Waals surface area contributed by atoms with Gasteiger partial charge in [0.2, 0.25) is 0 Å². The average Bonchev–Trinajstić information content (AvgIpc) is 2.03. The molecule has 0 unspecified atom stereocenters. The van der Waals surface area contributed by atoms with Crippen molar-refractivity contribution in [2.24, 2.45) is 0 Å². The SMILES string of the molecule is O=Cc1c(Br)cc(C(F)F)[nH]c1=O. The Balaban J connectivity index is 3.37. The molecule has 0 fully saturated rings. The Labute approximate surface area is 79.9 Å². The molecule has 1 rings (SSSR count). The summed E-state index contributed by atoms with van der Waals surface area (Å²) in [7, 11) is 0. The number of aldehydes is 1. The van der Waals surface area contributed by atoms with Crippen LogP contribution in [0.3, 0.4) is 0 Å². The molecule has 0 amide bonds. The van der Waals surface area contributed by atoms with Crippen LogP contribution in [0.4, 0.5) is 8.78 Å². The fourth-order valence-electron chi connectivity index (χ4n) is 0.785. The largest absolute Gasteiger partial charge is 0.320 e. The molecular weight excluding hydrogens is 248 g/mol. The number of carbonyl (C=O) groups excluding carboxylic acids is 1. The van der Waals surface area contributed by atoms with Crippen LogP contribution in [0.1, 0.15) is 22.5 Å². The van der Waals surface area contributed by atoms with Crippen molar-refractivity contribution < 1.29 is 13.6 Å². The molecule has 0 bridgehead atoms. The van der Waals surface area contributed by atoms with Crippen molar-refractivity contribution in [3.8, 4) is 0 Å². The second kappa shape index (κ2) is 3.78. The lowest BCUT2D eigenvalue weighted by Gasteiger charge is -2.01. The zero-order valence-electron chi connectivity index (χ0n) is 6.18. The van der Waals surface area contributed by atoms with Gasteiger partial charge in [0, 0.05) is 4.47 Å². The summed E-state index contributed by atoms with van der Waals surface area (Å²) in [5.74, 6) is 0. The number of halogens is 3. The second-order valence-electron chi connectivity index (χ2n) is 2.23. The van der Waals surface area contributed by atoms with Crippen LogP contribution in [0.2, 0.25) is 0 Å². The summed E-state index contributed by atoms with van der Waals surface area (Å²) < 4.78 is 24.2. The molecule has 0 aliphatic heterocycles. The number of hydrogen-bond acceptors (Lipinski definition) is 2. The molecule has 3 nitrogen and oxygen atoms in total. The van der Waals surface area contributed by atoms with Gasteiger partial charge in [-0.15, -0.1) is 0 Å². The topological polar surface area (TPSA) is 49.9 Å². The summed E-state index contributed by atoms with van der Waals surface area (Å²) in [5.41, 5.74) is -1.52. The highest BCUT2D eigenvalue weighted by molar-refractivity contribution is 9.10. The highest BCUT2D eigenvalue weighted by Crippen LogP contribution is 2.19. The van der Waals surface area contributed by atoms with E-state index in [4.69, 9.17) is 0 Å². The molecule has 0 radical (unpaired) electrons. The van der Waals surface area contributed by atoms with Crippen molar-refractivity contribution in [2.45, 2.75) is 6.43 Å². The van der Waals surface area contributed by atoms with Gasteiger partial charge in [-0.05, 0) is 22.0 Å². The number of aromatic nitrogens is 1. The lowest BCUT2D eigenvalue weighted by atomic mass is 10.2. The zero-order valence-corrected chi connectivity index (χ0v) is 7.77. The van der Waals surface area contributed by atoms with E-state index in [1.807, 2.05) is 4.98 Å². The molecule has 0 aliphatic carbocycles. The Hall–Kier alpha value is -1.04. The molecule has 6 heteroatoms. The molecule has 13 heavy (non-hydrogen) atoms. The van der Waals surface area contributed by atoms with Crippen LogP contribution < -0.4 is 5.56 Å². The van der Waals surface area contributed by atoms with Gasteiger partial charge in [-0.2, -0.15) is 0 Å². The van der Waals surface area contributed by atoms with Crippen molar-refractivity contribution in [3.05, 3.63) is 32.2 Å². The molecule has 0 saturated carbocycles. The van der Waals surface area contributed by atoms with Crippen LogP contribution in [0.15, 0.2) is 15.3 Å². The summed E-state index contributed by atoms with van der Waals surface area (Å²) >= 11 is 2.84. The van der Waals surface area contributed by atoms with E-state index >= 15 is 0 Å². The van der Waals surface area contributed by atoms with Crippen LogP contribution in [0.5, 0.6) is 0 Å². The molecule has 1 heterocycles. The third kappa shape index (κ3) is 2.00. The van der Waals surface area contributed by atoms with Gasteiger partial charge in [-0.25, -0.2) is 8.78 Å². The number of pyridine rings is 1. The fraction of sp³-hybridized carbons (Fsp3) is 0.143. The molecule has 0 aromatic carbocycles. The highest BCUT2D eigenvalue weighted by Gasteiger charge is 2.12. The van der Waals surface area contributed by atoms with E-state index in [9.17, 15) is 18.4 Å². The Morgan fingerprint density at radius 1 is 1.54 bits per heavy atom. The Kier molecular flexibility index (Phi) is 2.92. The number of nitrogens with one attached hydrogen (secondary N) is 1. The maximum Gasteiger partial charge on any atom is 0.278 e. The van der Waals surface area contributed by atoms with Crippen molar-refractivity contribution >= 4 is 22.2 Å². The molecule has 0 aliphatic rings. The van der Waals surface area contributed by atoms with Gasteiger partial charge < -0.3 is 4.98 Å². The monoisotopic (exact) mass is 251 g/mol. The fourth-order valence-corrected chi connectivity index (χ4v) is 1.30. The highest BCUT2D eigenvalue weighted by atomic mass is 79.9. The molecule has 1 aromatic rings. The Bertz CT molecular complexity index is 389. The first-order valence-electron chi connectivity index (χ1n) is 3.22. The lowest BCUT2D eigenvalue weighted by molar-refractivity contribution is 0.111. The van der Waals surface area contributed by atoms with Gasteiger partial charge in [0.05, 0.1) is 11.3 Å². The van der Waals surface area contributed by atoms with Gasteiger partial charge in [-0.3, -0.25) is 9.59 Å². The number of aromatic amines is 1. The van der Waals surface area contributed by atoms with Gasteiger partial charge in [-0.1, -0.05) is 0 Å². The van der Waals surface area contributed by atoms with Crippen LogP contribution in [-0.2, 0) is 0 Å². The second-order valence-corrected chi connectivity index (χ2v) is 3.09. The van der Waals surface area contributed by atoms with Gasteiger partial charge >= 0.3 is 0 Å². The maximum absolute atomic E-state index is 12.1. The van der Waals surface area contributed by atoms with Crippen molar-refractivity contribution in [3.63, 3.8) is 0 Å². The number of hydrogen-bond donors (Lipinski definition) is 1. The first kappa shape index (κ1) is 10.0. The number of alkyl halides is 2. The number of rotatable bonds is 2. The van der Waals surface area contributed by atoms with Crippen LogP contribution in [0.25, 0.3) is 0 Å². The minimum absolute atomic E-state index is 0.0709. The van der Waals surface area contributed by atoms with Crippen LogP contribution >= 0.6 is 15.9 Å². The van der Waals surface area contributed by atoms with E-state index in [1.165, 1.54) is 0 Å². The molecule has 0 atom stereocenters. The van der Waals surface area contributed by atoms with E-state index in [0.29, 0.717) is 6.29 Å². The van der Waals surface area contributed by atoms with Gasteiger partial charge in [0.1, 0.15) is 0 Å². The first-order chi connectivity index (χ1) is 6.06. The van der Waals surface area contributed by atoms with Crippen LogP contribution in [0, 0.1) is 0 Å². The molecule has 70 valence electrons. The molecular formula is C7H4BrF2NO2. The molecule has 1 aromatic heterocycles. The van der Waals surface area contributed by atoms with Crippen molar-refractivity contribution in [1.29, 1.82) is 0 Å². The normalized spacial score (nSPS) is 10.5. The maximum atomic E-state index is 12.1. The summed E-state index contributed by atoms with van der Waals surface area (Å²) in [5, 5.41) is 0. The standard InChI is InChI=1S/C7H4BrF2NO2/c8-4-1-5(6(9)10)11-7(13)3(4)2-12/h1-2,6H,(H,11,13). The van der Waals surface area contributed by atoms with E-state index in [1.54, 1.807) is 0 Å². The third-order valence-corrected chi connectivity index (χ3v) is 2.05. The van der Waals surface area contributed by atoms with Gasteiger partial charge in [0.25, 0.3) is 12.0 Å². The van der Waals surface area contributed by atoms with E-state index in [-0.39, 0.29) is 10.0 Å². The summed E-state index contributed by atoms with van der Waals surface area (Å²) in [4.78, 5) is 23.1. The average molecular weight is 252 g/mol. The summed E-state index contributed by atoms with van der Waals surface area (Å²) in [6.07, 6.45) is -2.46. The number of carbonyl (C=O) groups is 1. The van der Waals surface area contributed by atoms with E-state index < -0.39 is 17.7 Å². The Morgan fingerprint density at radius 2 is 2.15 bits per heavy atom. The van der Waals surface area contributed by atoms with Gasteiger partial charge in [0.15, 0.2) is 6.29 Å². The zero-order chi connectivity index (χ0) is 10.0. The van der Waals surface area contributed by atoms with E-state index in [2.05, 4.69) is 15.9 Å². The molecule has 0 saturated heterocycles. The lowest BCUT2D eigenvalue weighted by Crippen LogP contribution is -2.15. The van der Waals surface area contributed by atoms with Crippen LogP contribution in [-0.4, -0.2) is 11.3 Å². The van der Waals surface area contributed by atoms with E-state index in [0.717, 1.165) is 6.07 Å². The molecule has 0 spiro atoms. The Morgan fingerprint density at radius 3 is 2.54 bits per heavy atom. The molecule has 1 N–H and O–H groups in total. The predicted molar refractivity (Wildman–Crippen MR) is 45.1 cm³/mol. The quantitative estimate of drug-likeness (QED) is 0.817. The predicted octanol–water partition coefficient (Wildman–Crippen LogP) is 1.89. The minimum Gasteiger partial charge on any atom is -0.320 e. The summed E-state index contributed by atoms with van der Waals surface area (Å²) in [6, 6.07) is 1.01. The third-order valence-electron chi connectivity index (χ3n) is 1.39. The number of H-pyrrole nitrogens is 1. The summed E-state index contributed by atoms with van der Waals surface area (Å²) in [6.45, 7) is 0. The smallest absolute Gasteiger partial charge is 0.278 e. The van der Waals surface area contributed by atoms with Crippen molar-refractivity contribution in [1.82, 2.24) is 4.98 Å². The minimum atomic E-state index is -2.76. The first-order valence-corrected chi connectivity index (χ1v) is 4.01.